The van der Waals surface area contributed by atoms with Gasteiger partial charge in [-0.2, -0.15) is 4.31 Å². The highest BCUT2D eigenvalue weighted by Crippen LogP contribution is 2.26. The van der Waals surface area contributed by atoms with Gasteiger partial charge in [0, 0.05) is 44.2 Å². The Hall–Kier alpha value is -4.02. The second-order valence-electron chi connectivity index (χ2n) is 8.55. The number of nitrogens with zero attached hydrogens (tertiary/aromatic N) is 2. The number of hydrogen-bond donors (Lipinski definition) is 1. The third kappa shape index (κ3) is 4.36. The average Bonchev–Trinajstić information content (AvgIpc) is 2.88. The van der Waals surface area contributed by atoms with Gasteiger partial charge in [-0.25, -0.2) is 13.2 Å². The minimum atomic E-state index is -3.78. The van der Waals surface area contributed by atoms with Gasteiger partial charge < -0.3 is 14.6 Å². The van der Waals surface area contributed by atoms with E-state index in [4.69, 9.17) is 4.42 Å². The lowest BCUT2D eigenvalue weighted by Crippen LogP contribution is -2.51. The molecule has 1 aliphatic rings. The van der Waals surface area contributed by atoms with Gasteiger partial charge in [-0.05, 0) is 47.2 Å². The number of amides is 2. The summed E-state index contributed by atoms with van der Waals surface area (Å²) < 4.78 is 32.9. The van der Waals surface area contributed by atoms with Gasteiger partial charge in [0.2, 0.25) is 15.9 Å². The molecule has 2 amide bonds. The molecule has 0 unspecified atom stereocenters. The topological polar surface area (TPSA) is 117 Å². The standard InChI is InChI=1S/C26H23N3O6S/c1-17(30)27-19-7-9-20(10-8-19)36(33,34)29-14-12-28(13-15-29)25(31)23-16-22-21-5-3-2-4-18(21)6-11-24(22)35-26(23)32/h2-11,16H,12-15H2,1H3,(H,27,30). The number of fused-ring (bicyclic) bond motifs is 3. The Bertz CT molecular complexity index is 1650. The monoisotopic (exact) mass is 505 g/mol. The van der Waals surface area contributed by atoms with Gasteiger partial charge in [0.05, 0.1) is 4.90 Å². The van der Waals surface area contributed by atoms with E-state index < -0.39 is 21.6 Å². The molecule has 4 aromatic rings. The Labute approximate surface area is 207 Å². The number of rotatable bonds is 4. The number of hydrogen-bond acceptors (Lipinski definition) is 6. The number of nitrogens with one attached hydrogen (secondary N) is 1. The van der Waals surface area contributed by atoms with Crippen molar-refractivity contribution < 1.29 is 22.4 Å². The van der Waals surface area contributed by atoms with Crippen LogP contribution in [-0.2, 0) is 14.8 Å². The zero-order chi connectivity index (χ0) is 25.4. The van der Waals surface area contributed by atoms with Gasteiger partial charge in [-0.3, -0.25) is 9.59 Å². The van der Waals surface area contributed by atoms with E-state index in [0.717, 1.165) is 10.8 Å². The molecule has 0 saturated carbocycles. The predicted molar refractivity (Wildman–Crippen MR) is 135 cm³/mol. The summed E-state index contributed by atoms with van der Waals surface area (Å²) in [5.41, 5.74) is 0.0929. The van der Waals surface area contributed by atoms with E-state index in [1.165, 1.54) is 40.4 Å². The molecule has 2 heterocycles. The molecule has 184 valence electrons. The highest BCUT2D eigenvalue weighted by atomic mass is 32.2. The maximum Gasteiger partial charge on any atom is 0.349 e. The van der Waals surface area contributed by atoms with E-state index in [0.29, 0.717) is 16.7 Å². The van der Waals surface area contributed by atoms with Gasteiger partial charge >= 0.3 is 5.63 Å². The summed E-state index contributed by atoms with van der Waals surface area (Å²) in [5, 5.41) is 5.09. The molecule has 0 radical (unpaired) electrons. The molecule has 1 saturated heterocycles. The van der Waals surface area contributed by atoms with Crippen LogP contribution in [0.25, 0.3) is 21.7 Å². The van der Waals surface area contributed by atoms with Crippen molar-refractivity contribution in [2.45, 2.75) is 11.8 Å². The van der Waals surface area contributed by atoms with E-state index in [2.05, 4.69) is 5.32 Å². The van der Waals surface area contributed by atoms with Crippen molar-refractivity contribution in [3.63, 3.8) is 0 Å². The van der Waals surface area contributed by atoms with Crippen LogP contribution >= 0.6 is 0 Å². The normalized spacial score (nSPS) is 14.8. The first kappa shape index (κ1) is 23.7. The summed E-state index contributed by atoms with van der Waals surface area (Å²) in [6.45, 7) is 1.81. The van der Waals surface area contributed by atoms with E-state index in [1.807, 2.05) is 30.3 Å². The lowest BCUT2D eigenvalue weighted by atomic mass is 10.0. The quantitative estimate of drug-likeness (QED) is 0.337. The molecule has 0 bridgehead atoms. The fraction of sp³-hybridized carbons (Fsp3) is 0.192. The number of sulfonamides is 1. The summed E-state index contributed by atoms with van der Waals surface area (Å²) in [4.78, 5) is 38.6. The third-order valence-corrected chi connectivity index (χ3v) is 8.12. The maximum absolute atomic E-state index is 13.2. The molecular weight excluding hydrogens is 482 g/mol. The number of carbonyl (C=O) groups excluding carboxylic acids is 2. The van der Waals surface area contributed by atoms with Crippen molar-refractivity contribution >= 4 is 49.3 Å². The lowest BCUT2D eigenvalue weighted by molar-refractivity contribution is -0.114. The van der Waals surface area contributed by atoms with E-state index >= 15 is 0 Å². The average molecular weight is 506 g/mol. The van der Waals surface area contributed by atoms with Crippen molar-refractivity contribution in [2.75, 3.05) is 31.5 Å². The van der Waals surface area contributed by atoms with Crippen LogP contribution in [0.3, 0.4) is 0 Å². The summed E-state index contributed by atoms with van der Waals surface area (Å²) in [7, 11) is -3.78. The first-order valence-corrected chi connectivity index (χ1v) is 12.8. The van der Waals surface area contributed by atoms with Crippen LogP contribution in [0.2, 0.25) is 0 Å². The Morgan fingerprint density at radius 2 is 1.58 bits per heavy atom. The Morgan fingerprint density at radius 1 is 0.889 bits per heavy atom. The number of carbonyl (C=O) groups is 2. The Morgan fingerprint density at radius 3 is 2.28 bits per heavy atom. The Kier molecular flexibility index (Phi) is 6.07. The second-order valence-corrected chi connectivity index (χ2v) is 10.5. The van der Waals surface area contributed by atoms with Crippen LogP contribution in [0.1, 0.15) is 17.3 Å². The number of piperazine rings is 1. The molecule has 1 aliphatic heterocycles. The van der Waals surface area contributed by atoms with Crippen LogP contribution in [0.15, 0.2) is 80.8 Å². The van der Waals surface area contributed by atoms with Gasteiger partial charge in [0.15, 0.2) is 0 Å². The van der Waals surface area contributed by atoms with Gasteiger partial charge in [-0.1, -0.05) is 30.3 Å². The zero-order valence-corrected chi connectivity index (χ0v) is 20.2. The summed E-state index contributed by atoms with van der Waals surface area (Å²) in [6, 6.07) is 18.7. The van der Waals surface area contributed by atoms with E-state index in [9.17, 15) is 22.8 Å². The molecule has 5 rings (SSSR count). The summed E-state index contributed by atoms with van der Waals surface area (Å²) in [5.74, 6) is -0.740. The first-order valence-electron chi connectivity index (χ1n) is 11.4. The molecule has 0 spiro atoms. The molecule has 10 heteroatoms. The molecular formula is C26H23N3O6S. The van der Waals surface area contributed by atoms with Crippen molar-refractivity contribution in [3.05, 3.63) is 82.7 Å². The van der Waals surface area contributed by atoms with E-state index in [-0.39, 0.29) is 42.5 Å². The molecule has 3 aromatic carbocycles. The van der Waals surface area contributed by atoms with Crippen molar-refractivity contribution in [3.8, 4) is 0 Å². The Balaban J connectivity index is 1.34. The van der Waals surface area contributed by atoms with Gasteiger partial charge in [-0.15, -0.1) is 0 Å². The highest BCUT2D eigenvalue weighted by Gasteiger charge is 2.31. The van der Waals surface area contributed by atoms with Gasteiger partial charge in [0.1, 0.15) is 11.1 Å². The van der Waals surface area contributed by atoms with Gasteiger partial charge in [0.25, 0.3) is 5.91 Å². The highest BCUT2D eigenvalue weighted by molar-refractivity contribution is 7.89. The largest absolute Gasteiger partial charge is 0.422 e. The van der Waals surface area contributed by atoms with Crippen LogP contribution in [0, 0.1) is 0 Å². The van der Waals surface area contributed by atoms with E-state index in [1.54, 1.807) is 12.1 Å². The molecule has 0 aliphatic carbocycles. The van der Waals surface area contributed by atoms with Crippen molar-refractivity contribution in [1.82, 2.24) is 9.21 Å². The molecule has 1 fully saturated rings. The van der Waals surface area contributed by atoms with Crippen LogP contribution in [0.5, 0.6) is 0 Å². The van der Waals surface area contributed by atoms with Crippen molar-refractivity contribution in [2.24, 2.45) is 0 Å². The fourth-order valence-corrected chi connectivity index (χ4v) is 5.81. The smallest absolute Gasteiger partial charge is 0.349 e. The molecule has 9 nitrogen and oxygen atoms in total. The first-order chi connectivity index (χ1) is 17.2. The zero-order valence-electron chi connectivity index (χ0n) is 19.4. The summed E-state index contributed by atoms with van der Waals surface area (Å²) >= 11 is 0. The lowest BCUT2D eigenvalue weighted by Gasteiger charge is -2.33. The molecule has 1 N–H and O–H groups in total. The van der Waals surface area contributed by atoms with Crippen LogP contribution < -0.4 is 10.9 Å². The van der Waals surface area contributed by atoms with Crippen molar-refractivity contribution in [1.29, 1.82) is 0 Å². The third-order valence-electron chi connectivity index (χ3n) is 6.21. The minimum absolute atomic E-state index is 0.0799. The number of benzene rings is 3. The maximum atomic E-state index is 13.2. The molecule has 0 atom stereocenters. The number of anilines is 1. The SMILES string of the molecule is CC(=O)Nc1ccc(S(=O)(=O)N2CCN(C(=O)c3cc4c(ccc5ccccc54)oc3=O)CC2)cc1. The molecule has 36 heavy (non-hydrogen) atoms. The van der Waals surface area contributed by atoms with Crippen LogP contribution in [0.4, 0.5) is 5.69 Å². The minimum Gasteiger partial charge on any atom is -0.422 e. The van der Waals surface area contributed by atoms with Crippen LogP contribution in [-0.4, -0.2) is 55.6 Å². The fourth-order valence-electron chi connectivity index (χ4n) is 4.39. The predicted octanol–water partition coefficient (Wildman–Crippen LogP) is 3.05. The second kappa shape index (κ2) is 9.21. The molecule has 1 aromatic heterocycles. The summed E-state index contributed by atoms with van der Waals surface area (Å²) in [6.07, 6.45) is 0.